The fraction of sp³-hybridized carbons (Fsp3) is 0.385. The van der Waals surface area contributed by atoms with E-state index < -0.39 is 5.91 Å². The molecule has 0 bridgehead atoms. The van der Waals surface area contributed by atoms with Gasteiger partial charge in [-0.15, -0.1) is 11.3 Å². The zero-order valence-corrected chi connectivity index (χ0v) is 11.7. The van der Waals surface area contributed by atoms with E-state index in [1.807, 2.05) is 13.8 Å². The Morgan fingerprint density at radius 2 is 2.21 bits per heavy atom. The summed E-state index contributed by atoms with van der Waals surface area (Å²) >= 11 is 1.32. The van der Waals surface area contributed by atoms with Crippen LogP contribution in [0.3, 0.4) is 0 Å². The largest absolute Gasteiger partial charge is 0.384 e. The van der Waals surface area contributed by atoms with Crippen LogP contribution in [0.25, 0.3) is 0 Å². The molecule has 2 amide bonds. The second-order valence-corrected chi connectivity index (χ2v) is 5.06. The van der Waals surface area contributed by atoms with Gasteiger partial charge < -0.3 is 15.7 Å². The van der Waals surface area contributed by atoms with Gasteiger partial charge in [0.15, 0.2) is 0 Å². The van der Waals surface area contributed by atoms with Gasteiger partial charge in [-0.2, -0.15) is 0 Å². The Morgan fingerprint density at radius 1 is 1.53 bits per heavy atom. The Bertz CT molecular complexity index is 525. The topological polar surface area (TPSA) is 83.6 Å². The lowest BCUT2D eigenvalue weighted by Crippen LogP contribution is -2.42. The molecule has 0 atom stereocenters. The van der Waals surface area contributed by atoms with Gasteiger partial charge in [-0.3, -0.25) is 9.59 Å². The van der Waals surface area contributed by atoms with Crippen molar-refractivity contribution in [3.05, 3.63) is 21.9 Å². The molecule has 0 aromatic carbocycles. The molecule has 0 spiro atoms. The first-order valence-electron chi connectivity index (χ1n) is 5.73. The summed E-state index contributed by atoms with van der Waals surface area (Å²) in [6.07, 6.45) is 0. The number of nitrogens with two attached hydrogens (primary N) is 1. The van der Waals surface area contributed by atoms with Gasteiger partial charge in [0.05, 0.1) is 17.0 Å². The predicted octanol–water partition coefficient (Wildman–Crippen LogP) is 0.428. The number of nitrogens with zero attached hydrogens (tertiary/aromatic N) is 1. The van der Waals surface area contributed by atoms with Gasteiger partial charge in [0.2, 0.25) is 5.91 Å². The maximum Gasteiger partial charge on any atom is 0.255 e. The Balaban J connectivity index is 2.90. The number of hydrogen-bond donors (Lipinski definition) is 2. The van der Waals surface area contributed by atoms with Gasteiger partial charge in [0, 0.05) is 11.4 Å². The van der Waals surface area contributed by atoms with E-state index >= 15 is 0 Å². The highest BCUT2D eigenvalue weighted by Gasteiger charge is 2.21. The molecule has 0 aliphatic rings. The van der Waals surface area contributed by atoms with Crippen LogP contribution in [0.15, 0.2) is 11.4 Å². The maximum absolute atomic E-state index is 12.2. The summed E-state index contributed by atoms with van der Waals surface area (Å²) in [4.78, 5) is 25.3. The first kappa shape index (κ1) is 15.2. The minimum Gasteiger partial charge on any atom is -0.384 e. The average Bonchev–Trinajstić information content (AvgIpc) is 2.80. The van der Waals surface area contributed by atoms with Crippen LogP contribution in [0, 0.1) is 11.8 Å². The lowest BCUT2D eigenvalue weighted by molar-refractivity contribution is -0.119. The monoisotopic (exact) mass is 280 g/mol. The third-order valence-corrected chi connectivity index (χ3v) is 3.19. The van der Waals surface area contributed by atoms with E-state index in [9.17, 15) is 9.59 Å². The number of rotatable bonds is 4. The van der Waals surface area contributed by atoms with Crippen LogP contribution in [0.1, 0.15) is 29.1 Å². The summed E-state index contributed by atoms with van der Waals surface area (Å²) in [5, 5.41) is 10.3. The summed E-state index contributed by atoms with van der Waals surface area (Å²) in [5.41, 5.74) is 5.61. The molecule has 0 unspecified atom stereocenters. The minimum atomic E-state index is -0.544. The van der Waals surface area contributed by atoms with Gasteiger partial charge >= 0.3 is 0 Å². The van der Waals surface area contributed by atoms with Crippen molar-refractivity contribution in [2.75, 3.05) is 13.2 Å². The average molecular weight is 280 g/mol. The molecule has 3 N–H and O–H groups in total. The molecular formula is C13H16N2O3S. The van der Waals surface area contributed by atoms with E-state index in [1.165, 1.54) is 16.2 Å². The Kier molecular flexibility index (Phi) is 5.55. The molecule has 102 valence electrons. The summed E-state index contributed by atoms with van der Waals surface area (Å²) in [7, 11) is 0. The summed E-state index contributed by atoms with van der Waals surface area (Å²) < 4.78 is 0. The maximum atomic E-state index is 12.2. The van der Waals surface area contributed by atoms with E-state index in [-0.39, 0.29) is 25.1 Å². The van der Waals surface area contributed by atoms with Gasteiger partial charge in [0.1, 0.15) is 6.61 Å². The zero-order chi connectivity index (χ0) is 14.4. The van der Waals surface area contributed by atoms with Gasteiger partial charge in [-0.05, 0) is 19.9 Å². The lowest BCUT2D eigenvalue weighted by atomic mass is 10.2. The van der Waals surface area contributed by atoms with E-state index in [4.69, 9.17) is 10.8 Å². The van der Waals surface area contributed by atoms with E-state index in [0.29, 0.717) is 10.4 Å². The van der Waals surface area contributed by atoms with Crippen LogP contribution in [0.4, 0.5) is 0 Å². The Hall–Kier alpha value is -1.84. The fourth-order valence-electron chi connectivity index (χ4n) is 1.46. The molecule has 5 nitrogen and oxygen atoms in total. The molecule has 1 aromatic rings. The molecule has 0 saturated heterocycles. The first-order chi connectivity index (χ1) is 8.95. The molecule has 0 aliphatic heterocycles. The smallest absolute Gasteiger partial charge is 0.255 e. The second-order valence-electron chi connectivity index (χ2n) is 4.15. The minimum absolute atomic E-state index is 0.107. The molecular weight excluding hydrogens is 264 g/mol. The summed E-state index contributed by atoms with van der Waals surface area (Å²) in [5.74, 6) is 4.46. The van der Waals surface area contributed by atoms with Crippen molar-refractivity contribution in [2.24, 2.45) is 5.73 Å². The van der Waals surface area contributed by atoms with Crippen molar-refractivity contribution >= 4 is 23.2 Å². The van der Waals surface area contributed by atoms with Crippen LogP contribution >= 0.6 is 11.3 Å². The number of primary amides is 1. The molecule has 6 heteroatoms. The summed E-state index contributed by atoms with van der Waals surface area (Å²) in [6.45, 7) is 3.31. The van der Waals surface area contributed by atoms with Crippen LogP contribution in [-0.4, -0.2) is 41.0 Å². The van der Waals surface area contributed by atoms with Crippen molar-refractivity contribution < 1.29 is 14.7 Å². The first-order valence-corrected chi connectivity index (χ1v) is 6.61. The molecule has 0 radical (unpaired) electrons. The van der Waals surface area contributed by atoms with E-state index in [1.54, 1.807) is 11.4 Å². The van der Waals surface area contributed by atoms with Crippen molar-refractivity contribution in [1.29, 1.82) is 0 Å². The number of aliphatic hydroxyl groups is 1. The van der Waals surface area contributed by atoms with E-state index in [2.05, 4.69) is 11.8 Å². The molecule has 0 saturated carbocycles. The number of aliphatic hydroxyl groups excluding tert-OH is 1. The predicted molar refractivity (Wildman–Crippen MR) is 73.6 cm³/mol. The molecule has 19 heavy (non-hydrogen) atoms. The molecule has 1 aromatic heterocycles. The normalized spacial score (nSPS) is 9.89. The van der Waals surface area contributed by atoms with Crippen molar-refractivity contribution in [2.45, 2.75) is 19.9 Å². The lowest BCUT2D eigenvalue weighted by Gasteiger charge is -2.24. The fourth-order valence-corrected chi connectivity index (χ4v) is 2.21. The Labute approximate surface area is 116 Å². The third-order valence-electron chi connectivity index (χ3n) is 2.35. The standard InChI is InChI=1S/C13H16N2O3S/c1-9(2)15(7-12(14)17)13(18)10-6-11(19-8-10)4-3-5-16/h6,8-9,16H,5,7H2,1-2H3,(H2,14,17). The molecule has 0 aliphatic carbocycles. The van der Waals surface area contributed by atoms with Crippen LogP contribution in [-0.2, 0) is 4.79 Å². The second kappa shape index (κ2) is 6.92. The highest BCUT2D eigenvalue weighted by atomic mass is 32.1. The number of amides is 2. The number of thiophene rings is 1. The molecule has 1 heterocycles. The SMILES string of the molecule is CC(C)N(CC(N)=O)C(=O)c1csc(C#CCO)c1. The number of carbonyl (C=O) groups excluding carboxylic acids is 2. The van der Waals surface area contributed by atoms with Crippen molar-refractivity contribution in [3.8, 4) is 11.8 Å². The third kappa shape index (κ3) is 4.39. The highest BCUT2D eigenvalue weighted by molar-refractivity contribution is 7.10. The van der Waals surface area contributed by atoms with Crippen LogP contribution in [0.2, 0.25) is 0 Å². The van der Waals surface area contributed by atoms with Gasteiger partial charge in [-0.25, -0.2) is 0 Å². The van der Waals surface area contributed by atoms with Crippen LogP contribution in [0.5, 0.6) is 0 Å². The van der Waals surface area contributed by atoms with Gasteiger partial charge in [0.25, 0.3) is 5.91 Å². The molecule has 0 fully saturated rings. The van der Waals surface area contributed by atoms with E-state index in [0.717, 1.165) is 0 Å². The van der Waals surface area contributed by atoms with Crippen molar-refractivity contribution in [3.63, 3.8) is 0 Å². The summed E-state index contributed by atoms with van der Waals surface area (Å²) in [6, 6.07) is 1.53. The Morgan fingerprint density at radius 3 is 2.74 bits per heavy atom. The quantitative estimate of drug-likeness (QED) is 0.784. The number of hydrogen-bond acceptors (Lipinski definition) is 4. The number of carbonyl (C=O) groups is 2. The zero-order valence-electron chi connectivity index (χ0n) is 10.8. The van der Waals surface area contributed by atoms with Crippen molar-refractivity contribution in [1.82, 2.24) is 4.90 Å². The van der Waals surface area contributed by atoms with Gasteiger partial charge in [-0.1, -0.05) is 11.8 Å². The highest BCUT2D eigenvalue weighted by Crippen LogP contribution is 2.16. The molecule has 1 rings (SSSR count). The van der Waals surface area contributed by atoms with Crippen LogP contribution < -0.4 is 5.73 Å².